The molecule has 3 aromatic rings. The molecule has 34 heavy (non-hydrogen) atoms. The highest BCUT2D eigenvalue weighted by atomic mass is 35.5. The summed E-state index contributed by atoms with van der Waals surface area (Å²) in [5.74, 6) is -0.774. The average Bonchev–Trinajstić information content (AvgIpc) is 2.78. The average molecular weight is 497 g/mol. The fourth-order valence-corrected chi connectivity index (χ4v) is 3.81. The molecule has 0 atom stereocenters. The van der Waals surface area contributed by atoms with Crippen LogP contribution in [0.25, 0.3) is 0 Å². The summed E-state index contributed by atoms with van der Waals surface area (Å²) in [7, 11) is 0. The van der Waals surface area contributed by atoms with Crippen molar-refractivity contribution in [2.45, 2.75) is 31.4 Å². The van der Waals surface area contributed by atoms with Crippen LogP contribution in [0.1, 0.15) is 41.9 Å². The van der Waals surface area contributed by atoms with E-state index in [0.29, 0.717) is 25.8 Å². The highest BCUT2D eigenvalue weighted by molar-refractivity contribution is 6.31. The van der Waals surface area contributed by atoms with Crippen molar-refractivity contribution in [3.63, 3.8) is 0 Å². The lowest BCUT2D eigenvalue weighted by molar-refractivity contribution is -0.137. The van der Waals surface area contributed by atoms with Gasteiger partial charge in [-0.3, -0.25) is 0 Å². The van der Waals surface area contributed by atoms with Crippen molar-refractivity contribution in [1.29, 1.82) is 0 Å². The number of anilines is 1. The maximum atomic E-state index is 13.3. The van der Waals surface area contributed by atoms with Crippen LogP contribution in [0.2, 0.25) is 5.02 Å². The summed E-state index contributed by atoms with van der Waals surface area (Å²) in [4.78, 5) is 12.1. The SMILES string of the molecule is O=C(NCCCCC(c1ccc(F)cc1)c1ccc(F)cc1)Nc1ccc(Cl)c(C(F)(F)F)c1. The Labute approximate surface area is 198 Å². The van der Waals surface area contributed by atoms with Crippen molar-refractivity contribution >= 4 is 23.3 Å². The van der Waals surface area contributed by atoms with Crippen LogP contribution in [-0.2, 0) is 6.18 Å². The maximum absolute atomic E-state index is 13.3. The third kappa shape index (κ3) is 7.18. The van der Waals surface area contributed by atoms with E-state index in [9.17, 15) is 26.7 Å². The molecule has 2 amide bonds. The van der Waals surface area contributed by atoms with Crippen molar-refractivity contribution in [3.8, 4) is 0 Å². The molecule has 0 aromatic heterocycles. The van der Waals surface area contributed by atoms with E-state index in [0.717, 1.165) is 23.3 Å². The van der Waals surface area contributed by atoms with Crippen LogP contribution in [-0.4, -0.2) is 12.6 Å². The quantitative estimate of drug-likeness (QED) is 0.243. The highest BCUT2D eigenvalue weighted by Crippen LogP contribution is 2.36. The minimum atomic E-state index is -4.63. The molecule has 180 valence electrons. The van der Waals surface area contributed by atoms with Gasteiger partial charge in [-0.05, 0) is 66.4 Å². The summed E-state index contributed by atoms with van der Waals surface area (Å²) in [5.41, 5.74) is 0.727. The van der Waals surface area contributed by atoms with Crippen LogP contribution in [0, 0.1) is 11.6 Å². The fourth-order valence-electron chi connectivity index (χ4n) is 3.59. The standard InChI is InChI=1S/C25H22ClF5N2O/c26-23-13-12-20(15-22(23)25(29,30)31)33-24(34)32-14-2-1-3-21(16-4-8-18(27)9-5-16)17-6-10-19(28)11-7-17/h4-13,15,21H,1-3,14H2,(H2,32,33,34). The number of amides is 2. The van der Waals surface area contributed by atoms with Crippen LogP contribution in [0.3, 0.4) is 0 Å². The molecule has 0 bridgehead atoms. The van der Waals surface area contributed by atoms with E-state index in [2.05, 4.69) is 10.6 Å². The van der Waals surface area contributed by atoms with Gasteiger partial charge in [0.15, 0.2) is 0 Å². The first-order valence-electron chi connectivity index (χ1n) is 10.6. The van der Waals surface area contributed by atoms with E-state index in [4.69, 9.17) is 11.6 Å². The Balaban J connectivity index is 1.52. The predicted molar refractivity (Wildman–Crippen MR) is 122 cm³/mol. The minimum absolute atomic E-state index is 0.0260. The third-order valence-corrected chi connectivity index (χ3v) is 5.61. The molecular formula is C25H22ClF5N2O. The van der Waals surface area contributed by atoms with Gasteiger partial charge in [-0.2, -0.15) is 13.2 Å². The molecule has 0 heterocycles. The molecule has 0 saturated carbocycles. The number of rotatable bonds is 8. The highest BCUT2D eigenvalue weighted by Gasteiger charge is 2.33. The Bertz CT molecular complexity index is 1060. The maximum Gasteiger partial charge on any atom is 0.417 e. The Morgan fingerprint density at radius 1 is 0.853 bits per heavy atom. The first-order valence-corrected chi connectivity index (χ1v) is 10.9. The lowest BCUT2D eigenvalue weighted by atomic mass is 9.87. The van der Waals surface area contributed by atoms with Gasteiger partial charge in [0, 0.05) is 18.2 Å². The lowest BCUT2D eigenvalue weighted by Gasteiger charge is -2.18. The molecule has 9 heteroatoms. The van der Waals surface area contributed by atoms with Crippen molar-refractivity contribution in [3.05, 3.63) is 100 Å². The van der Waals surface area contributed by atoms with E-state index in [1.54, 1.807) is 24.3 Å². The summed E-state index contributed by atoms with van der Waals surface area (Å²) < 4.78 is 65.5. The second-order valence-corrected chi connectivity index (χ2v) is 8.13. The molecule has 0 aliphatic carbocycles. The summed E-state index contributed by atoms with van der Waals surface area (Å²) in [6.45, 7) is 0.297. The van der Waals surface area contributed by atoms with E-state index in [1.165, 1.54) is 30.3 Å². The topological polar surface area (TPSA) is 41.1 Å². The van der Waals surface area contributed by atoms with E-state index in [-0.39, 0.29) is 23.2 Å². The molecule has 0 radical (unpaired) electrons. The first kappa shape index (κ1) is 25.5. The van der Waals surface area contributed by atoms with Crippen LogP contribution in [0.15, 0.2) is 66.7 Å². The van der Waals surface area contributed by atoms with Crippen molar-refractivity contribution in [2.75, 3.05) is 11.9 Å². The number of halogens is 6. The normalized spacial score (nSPS) is 11.5. The van der Waals surface area contributed by atoms with Crippen LogP contribution < -0.4 is 10.6 Å². The van der Waals surface area contributed by atoms with E-state index >= 15 is 0 Å². The fraction of sp³-hybridized carbons (Fsp3) is 0.240. The minimum Gasteiger partial charge on any atom is -0.338 e. The van der Waals surface area contributed by atoms with Gasteiger partial charge < -0.3 is 10.6 Å². The third-order valence-electron chi connectivity index (χ3n) is 5.28. The molecular weight excluding hydrogens is 475 g/mol. The number of unbranched alkanes of at least 4 members (excludes halogenated alkanes) is 1. The van der Waals surface area contributed by atoms with Gasteiger partial charge in [-0.15, -0.1) is 0 Å². The summed E-state index contributed by atoms with van der Waals surface area (Å²) in [6, 6.07) is 14.8. The second-order valence-electron chi connectivity index (χ2n) is 7.72. The monoisotopic (exact) mass is 496 g/mol. The zero-order chi connectivity index (χ0) is 24.7. The zero-order valence-electron chi connectivity index (χ0n) is 17.9. The van der Waals surface area contributed by atoms with Gasteiger partial charge in [0.25, 0.3) is 0 Å². The number of alkyl halides is 3. The number of hydrogen-bond acceptors (Lipinski definition) is 1. The number of urea groups is 1. The molecule has 3 aromatic carbocycles. The van der Waals surface area contributed by atoms with E-state index < -0.39 is 22.8 Å². The Morgan fingerprint density at radius 3 is 1.94 bits per heavy atom. The summed E-state index contributed by atoms with van der Waals surface area (Å²) in [6.07, 6.45) is -2.66. The van der Waals surface area contributed by atoms with Gasteiger partial charge in [-0.25, -0.2) is 13.6 Å². The molecule has 0 saturated heterocycles. The first-order chi connectivity index (χ1) is 16.1. The number of hydrogen-bond donors (Lipinski definition) is 2. The van der Waals surface area contributed by atoms with Gasteiger partial charge >= 0.3 is 12.2 Å². The van der Waals surface area contributed by atoms with Crippen LogP contribution in [0.4, 0.5) is 32.4 Å². The molecule has 2 N–H and O–H groups in total. The molecule has 0 unspecified atom stereocenters. The largest absolute Gasteiger partial charge is 0.417 e. The molecule has 0 aliphatic rings. The lowest BCUT2D eigenvalue weighted by Crippen LogP contribution is -2.29. The number of carbonyl (C=O) groups excluding carboxylic acids is 1. The van der Waals surface area contributed by atoms with Crippen LogP contribution in [0.5, 0.6) is 0 Å². The molecule has 0 fully saturated rings. The summed E-state index contributed by atoms with van der Waals surface area (Å²) in [5, 5.41) is 4.52. The van der Waals surface area contributed by atoms with Gasteiger partial charge in [0.2, 0.25) is 0 Å². The summed E-state index contributed by atoms with van der Waals surface area (Å²) >= 11 is 5.58. The smallest absolute Gasteiger partial charge is 0.338 e. The molecule has 3 nitrogen and oxygen atoms in total. The van der Waals surface area contributed by atoms with E-state index in [1.807, 2.05) is 0 Å². The number of benzene rings is 3. The number of nitrogens with one attached hydrogen (secondary N) is 2. The van der Waals surface area contributed by atoms with Gasteiger partial charge in [0.1, 0.15) is 11.6 Å². The molecule has 3 rings (SSSR count). The molecule has 0 aliphatic heterocycles. The van der Waals surface area contributed by atoms with Crippen LogP contribution >= 0.6 is 11.6 Å². The molecule has 0 spiro atoms. The zero-order valence-corrected chi connectivity index (χ0v) is 18.7. The van der Waals surface area contributed by atoms with Crippen molar-refractivity contribution < 1.29 is 26.7 Å². The van der Waals surface area contributed by atoms with Gasteiger partial charge in [-0.1, -0.05) is 42.3 Å². The van der Waals surface area contributed by atoms with Gasteiger partial charge in [0.05, 0.1) is 10.6 Å². The Kier molecular flexibility index (Phi) is 8.50. The Hall–Kier alpha value is -3.13. The van der Waals surface area contributed by atoms with Crippen molar-refractivity contribution in [1.82, 2.24) is 5.32 Å². The Morgan fingerprint density at radius 2 is 1.41 bits per heavy atom. The van der Waals surface area contributed by atoms with Crippen molar-refractivity contribution in [2.24, 2.45) is 0 Å². The predicted octanol–water partition coefficient (Wildman–Crippen LogP) is 7.76. The second kappa shape index (κ2) is 11.3. The number of carbonyl (C=O) groups is 1.